The molecule has 0 radical (unpaired) electrons. The fourth-order valence-corrected chi connectivity index (χ4v) is 4.69. The van der Waals surface area contributed by atoms with Crippen molar-refractivity contribution >= 4 is 34.1 Å². The van der Waals surface area contributed by atoms with E-state index in [0.29, 0.717) is 25.5 Å². The van der Waals surface area contributed by atoms with Crippen LogP contribution in [0.15, 0.2) is 40.8 Å². The molecule has 4 rings (SSSR count). The number of amides is 1. The number of H-pyrrole nitrogens is 1. The Morgan fingerprint density at radius 2 is 2.17 bits per heavy atom. The van der Waals surface area contributed by atoms with Crippen molar-refractivity contribution in [2.75, 3.05) is 26.7 Å². The van der Waals surface area contributed by atoms with Crippen LogP contribution in [-0.4, -0.2) is 48.4 Å². The number of rotatable bonds is 6. The van der Waals surface area contributed by atoms with Crippen LogP contribution in [0.1, 0.15) is 22.4 Å². The van der Waals surface area contributed by atoms with Crippen molar-refractivity contribution in [3.8, 4) is 0 Å². The highest BCUT2D eigenvalue weighted by Crippen LogP contribution is 2.24. The molecular weight excluding hydrogens is 401 g/mol. The van der Waals surface area contributed by atoms with Gasteiger partial charge in [0, 0.05) is 61.6 Å². The van der Waals surface area contributed by atoms with Gasteiger partial charge in [-0.3, -0.25) is 9.79 Å². The summed E-state index contributed by atoms with van der Waals surface area (Å²) in [5, 5.41) is 9.47. The lowest BCUT2D eigenvalue weighted by molar-refractivity contribution is -0.131. The van der Waals surface area contributed by atoms with Crippen molar-refractivity contribution in [1.82, 2.24) is 20.5 Å². The van der Waals surface area contributed by atoms with Gasteiger partial charge >= 0.3 is 0 Å². The predicted octanol–water partition coefficient (Wildman–Crippen LogP) is 3.05. The van der Waals surface area contributed by atoms with E-state index in [-0.39, 0.29) is 11.7 Å². The Morgan fingerprint density at radius 1 is 1.30 bits per heavy atom. The fourth-order valence-electron chi connectivity index (χ4n) is 3.80. The van der Waals surface area contributed by atoms with Gasteiger partial charge in [-0.15, -0.1) is 11.3 Å². The summed E-state index contributed by atoms with van der Waals surface area (Å²) < 4.78 is 13.5. The maximum atomic E-state index is 13.5. The van der Waals surface area contributed by atoms with Crippen LogP contribution in [0.4, 0.5) is 4.39 Å². The number of aromatic nitrogens is 1. The number of aliphatic imine (C=N–C) groups is 1. The van der Waals surface area contributed by atoms with E-state index < -0.39 is 0 Å². The Hall–Kier alpha value is -2.87. The van der Waals surface area contributed by atoms with Gasteiger partial charge in [0.25, 0.3) is 0 Å². The quantitative estimate of drug-likeness (QED) is 0.418. The highest BCUT2D eigenvalue weighted by atomic mass is 32.1. The zero-order valence-electron chi connectivity index (χ0n) is 17.0. The lowest BCUT2D eigenvalue weighted by Gasteiger charge is -2.27. The van der Waals surface area contributed by atoms with Crippen LogP contribution in [0.3, 0.4) is 0 Å². The zero-order valence-corrected chi connectivity index (χ0v) is 17.8. The maximum absolute atomic E-state index is 13.5. The maximum Gasteiger partial charge on any atom is 0.224 e. The van der Waals surface area contributed by atoms with Gasteiger partial charge in [0.2, 0.25) is 5.91 Å². The van der Waals surface area contributed by atoms with Gasteiger partial charge in [-0.25, -0.2) is 4.39 Å². The average molecular weight is 428 g/mol. The third-order valence-electron chi connectivity index (χ3n) is 5.43. The SMILES string of the molecule is CN=C(NCCC(=O)N1CCc2sccc2C1)NCCc1c[nH]c2ccc(F)cc12. The second-order valence-corrected chi connectivity index (χ2v) is 8.36. The van der Waals surface area contributed by atoms with E-state index in [4.69, 9.17) is 0 Å². The van der Waals surface area contributed by atoms with Gasteiger partial charge in [0.15, 0.2) is 5.96 Å². The van der Waals surface area contributed by atoms with E-state index in [0.717, 1.165) is 42.4 Å². The van der Waals surface area contributed by atoms with Crippen LogP contribution >= 0.6 is 11.3 Å². The number of hydrogen-bond donors (Lipinski definition) is 3. The number of nitrogens with one attached hydrogen (secondary N) is 3. The summed E-state index contributed by atoms with van der Waals surface area (Å²) in [5.74, 6) is 0.589. The molecule has 3 aromatic rings. The van der Waals surface area contributed by atoms with Gasteiger partial charge in [-0.2, -0.15) is 0 Å². The van der Waals surface area contributed by atoms with E-state index in [9.17, 15) is 9.18 Å². The predicted molar refractivity (Wildman–Crippen MR) is 119 cm³/mol. The minimum absolute atomic E-state index is 0.163. The summed E-state index contributed by atoms with van der Waals surface area (Å²) in [5.41, 5.74) is 3.27. The minimum Gasteiger partial charge on any atom is -0.361 e. The normalized spacial score (nSPS) is 14.1. The number of aromatic amines is 1. The summed E-state index contributed by atoms with van der Waals surface area (Å²) in [4.78, 5) is 23.2. The third kappa shape index (κ3) is 4.64. The van der Waals surface area contributed by atoms with Crippen molar-refractivity contribution < 1.29 is 9.18 Å². The van der Waals surface area contributed by atoms with E-state index in [1.165, 1.54) is 16.5 Å². The molecule has 8 heteroatoms. The second-order valence-electron chi connectivity index (χ2n) is 7.36. The Balaban J connectivity index is 1.20. The largest absolute Gasteiger partial charge is 0.361 e. The molecule has 0 fully saturated rings. The van der Waals surface area contributed by atoms with Crippen LogP contribution in [0.25, 0.3) is 10.9 Å². The first-order valence-electron chi connectivity index (χ1n) is 10.2. The van der Waals surface area contributed by atoms with Crippen LogP contribution in [0.5, 0.6) is 0 Å². The number of fused-ring (bicyclic) bond motifs is 2. The van der Waals surface area contributed by atoms with Gasteiger partial charge in [-0.05, 0) is 53.6 Å². The molecule has 1 aliphatic heterocycles. The van der Waals surface area contributed by atoms with E-state index in [1.807, 2.05) is 11.1 Å². The smallest absolute Gasteiger partial charge is 0.224 e. The summed E-state index contributed by atoms with van der Waals surface area (Å²) in [6.45, 7) is 2.70. The first-order valence-corrected chi connectivity index (χ1v) is 11.0. The molecule has 1 amide bonds. The van der Waals surface area contributed by atoms with Crippen LogP contribution < -0.4 is 10.6 Å². The first kappa shape index (κ1) is 20.4. The molecule has 1 aromatic carbocycles. The Labute approximate surface area is 179 Å². The molecule has 3 heterocycles. The minimum atomic E-state index is -0.234. The lowest BCUT2D eigenvalue weighted by Crippen LogP contribution is -2.41. The number of carbonyl (C=O) groups excluding carboxylic acids is 1. The molecule has 30 heavy (non-hydrogen) atoms. The van der Waals surface area contributed by atoms with Gasteiger partial charge in [0.05, 0.1) is 0 Å². The molecule has 0 saturated carbocycles. The van der Waals surface area contributed by atoms with Gasteiger partial charge < -0.3 is 20.5 Å². The number of hydrogen-bond acceptors (Lipinski definition) is 3. The molecule has 1 aliphatic rings. The molecular formula is C22H26FN5OS. The summed E-state index contributed by atoms with van der Waals surface area (Å²) in [7, 11) is 1.71. The van der Waals surface area contributed by atoms with Crippen molar-refractivity contribution in [1.29, 1.82) is 0 Å². The molecule has 0 atom stereocenters. The monoisotopic (exact) mass is 427 g/mol. The van der Waals surface area contributed by atoms with Crippen molar-refractivity contribution in [2.45, 2.75) is 25.8 Å². The fraction of sp³-hybridized carbons (Fsp3) is 0.364. The number of halogens is 1. The average Bonchev–Trinajstić information content (AvgIpc) is 3.38. The molecule has 0 spiro atoms. The van der Waals surface area contributed by atoms with Crippen molar-refractivity contribution in [3.05, 3.63) is 57.7 Å². The van der Waals surface area contributed by atoms with Crippen molar-refractivity contribution in [2.24, 2.45) is 4.99 Å². The summed E-state index contributed by atoms with van der Waals surface area (Å²) in [6.07, 6.45) is 4.03. The number of carbonyl (C=O) groups is 1. The molecule has 6 nitrogen and oxygen atoms in total. The summed E-state index contributed by atoms with van der Waals surface area (Å²) in [6, 6.07) is 6.88. The topological polar surface area (TPSA) is 72.5 Å². The Kier molecular flexibility index (Phi) is 6.32. The number of benzene rings is 1. The highest BCUT2D eigenvalue weighted by molar-refractivity contribution is 7.10. The van der Waals surface area contributed by atoms with Gasteiger partial charge in [-0.1, -0.05) is 0 Å². The molecule has 0 bridgehead atoms. The standard InChI is InChI=1S/C22H26FN5OS/c1-24-22(25-8-4-15-13-27-19-3-2-17(23)12-18(15)19)26-9-5-21(29)28-10-6-20-16(14-28)7-11-30-20/h2-3,7,11-13,27H,4-6,8-10,14H2,1H3,(H2,24,25,26). The Morgan fingerprint density at radius 3 is 3.03 bits per heavy atom. The van der Waals surface area contributed by atoms with Crippen LogP contribution in [0, 0.1) is 5.82 Å². The highest BCUT2D eigenvalue weighted by Gasteiger charge is 2.21. The molecule has 3 N–H and O–H groups in total. The van der Waals surface area contributed by atoms with Gasteiger partial charge in [0.1, 0.15) is 5.82 Å². The second kappa shape index (κ2) is 9.30. The van der Waals surface area contributed by atoms with E-state index >= 15 is 0 Å². The van der Waals surface area contributed by atoms with Crippen LogP contribution in [-0.2, 0) is 24.2 Å². The third-order valence-corrected chi connectivity index (χ3v) is 6.45. The Bertz CT molecular complexity index is 1060. The molecule has 0 unspecified atom stereocenters. The zero-order chi connectivity index (χ0) is 20.9. The first-order chi connectivity index (χ1) is 14.6. The van der Waals surface area contributed by atoms with E-state index in [1.54, 1.807) is 30.5 Å². The lowest BCUT2D eigenvalue weighted by atomic mass is 10.1. The molecule has 2 aromatic heterocycles. The summed E-state index contributed by atoms with van der Waals surface area (Å²) >= 11 is 1.78. The number of nitrogens with zero attached hydrogens (tertiary/aromatic N) is 2. The number of guanidine groups is 1. The van der Waals surface area contributed by atoms with Crippen LogP contribution in [0.2, 0.25) is 0 Å². The molecule has 0 aliphatic carbocycles. The van der Waals surface area contributed by atoms with Crippen molar-refractivity contribution in [3.63, 3.8) is 0 Å². The number of thiophene rings is 1. The van der Waals surface area contributed by atoms with E-state index in [2.05, 4.69) is 32.1 Å². The molecule has 158 valence electrons. The molecule has 0 saturated heterocycles.